The minimum atomic E-state index is 0.152. The van der Waals surface area contributed by atoms with Crippen molar-refractivity contribution in [1.82, 2.24) is 10.5 Å². The lowest BCUT2D eigenvalue weighted by Crippen LogP contribution is -2.32. The molecule has 3 rings (SSSR count). The number of aromatic nitrogens is 1. The van der Waals surface area contributed by atoms with Gasteiger partial charge in [-0.05, 0) is 86.8 Å². The normalized spacial score (nSPS) is 21.7. The van der Waals surface area contributed by atoms with Crippen LogP contribution in [0.3, 0.4) is 0 Å². The van der Waals surface area contributed by atoms with E-state index in [0.29, 0.717) is 23.2 Å². The molecule has 1 saturated carbocycles. The molecule has 5 nitrogen and oxygen atoms in total. The molecule has 2 aromatic rings. The lowest BCUT2D eigenvalue weighted by Gasteiger charge is -2.37. The standard InChI is InChI=1S/C24H33N3O2/c1-15-9-16(2)12-20(11-15)29-23-21(8-7-18(4)25-23)22(27-28)26-19-10-17(3)13-24(5,6)14-19/h7-9,11-12,17,19,28H,10,13-14H2,1-6H3,(H,26,27). The van der Waals surface area contributed by atoms with Gasteiger partial charge in [0.25, 0.3) is 0 Å². The molecule has 0 amide bonds. The summed E-state index contributed by atoms with van der Waals surface area (Å²) in [5, 5.41) is 9.89. The molecule has 1 aliphatic rings. The third kappa shape index (κ3) is 5.57. The van der Waals surface area contributed by atoms with Gasteiger partial charge in [-0.2, -0.15) is 0 Å². The van der Waals surface area contributed by atoms with Crippen molar-refractivity contribution in [3.8, 4) is 11.6 Å². The van der Waals surface area contributed by atoms with Gasteiger partial charge >= 0.3 is 0 Å². The highest BCUT2D eigenvalue weighted by molar-refractivity contribution is 6.00. The van der Waals surface area contributed by atoms with Crippen molar-refractivity contribution >= 4 is 5.84 Å². The Balaban J connectivity index is 1.95. The molecular weight excluding hydrogens is 362 g/mol. The van der Waals surface area contributed by atoms with E-state index in [0.717, 1.165) is 35.4 Å². The number of nitrogens with one attached hydrogen (secondary N) is 1. The van der Waals surface area contributed by atoms with Gasteiger partial charge in [0, 0.05) is 5.69 Å². The van der Waals surface area contributed by atoms with Crippen LogP contribution in [0.5, 0.6) is 11.6 Å². The van der Waals surface area contributed by atoms with E-state index < -0.39 is 0 Å². The number of pyridine rings is 1. The summed E-state index contributed by atoms with van der Waals surface area (Å²) >= 11 is 0. The molecule has 156 valence electrons. The topological polar surface area (TPSA) is 66.7 Å². The fourth-order valence-corrected chi connectivity index (χ4v) is 4.63. The number of hydroxylamine groups is 1. The minimum absolute atomic E-state index is 0.152. The molecule has 1 aromatic heterocycles. The third-order valence-corrected chi connectivity index (χ3v) is 5.45. The predicted octanol–water partition coefficient (Wildman–Crippen LogP) is 5.74. The van der Waals surface area contributed by atoms with Gasteiger partial charge < -0.3 is 4.74 Å². The Morgan fingerprint density at radius 2 is 1.83 bits per heavy atom. The zero-order valence-electron chi connectivity index (χ0n) is 18.4. The van der Waals surface area contributed by atoms with Crippen molar-refractivity contribution in [2.24, 2.45) is 16.3 Å². The summed E-state index contributed by atoms with van der Waals surface area (Å²) in [5.74, 6) is 2.19. The van der Waals surface area contributed by atoms with Crippen molar-refractivity contribution in [1.29, 1.82) is 0 Å². The lowest BCUT2D eigenvalue weighted by atomic mass is 9.71. The summed E-state index contributed by atoms with van der Waals surface area (Å²) in [6.45, 7) is 12.9. The van der Waals surface area contributed by atoms with Crippen molar-refractivity contribution in [3.05, 3.63) is 52.7 Å². The van der Waals surface area contributed by atoms with Gasteiger partial charge in [0.15, 0.2) is 5.84 Å². The zero-order chi connectivity index (χ0) is 21.2. The highest BCUT2D eigenvalue weighted by atomic mass is 16.5. The van der Waals surface area contributed by atoms with Crippen LogP contribution in [0.2, 0.25) is 0 Å². The maximum absolute atomic E-state index is 9.89. The second kappa shape index (κ2) is 8.54. The first-order valence-corrected chi connectivity index (χ1v) is 10.4. The van der Waals surface area contributed by atoms with E-state index in [-0.39, 0.29) is 11.5 Å². The van der Waals surface area contributed by atoms with E-state index in [1.54, 1.807) is 0 Å². The van der Waals surface area contributed by atoms with Crippen molar-refractivity contribution in [2.75, 3.05) is 0 Å². The summed E-state index contributed by atoms with van der Waals surface area (Å²) in [6, 6.07) is 10.0. The molecule has 2 N–H and O–H groups in total. The zero-order valence-corrected chi connectivity index (χ0v) is 18.4. The molecule has 0 bridgehead atoms. The van der Waals surface area contributed by atoms with Crippen LogP contribution >= 0.6 is 0 Å². The molecular formula is C24H33N3O2. The fourth-order valence-electron chi connectivity index (χ4n) is 4.63. The van der Waals surface area contributed by atoms with Crippen LogP contribution in [0, 0.1) is 32.1 Å². The second-order valence-electron chi connectivity index (χ2n) is 9.39. The van der Waals surface area contributed by atoms with Crippen LogP contribution < -0.4 is 10.2 Å². The van der Waals surface area contributed by atoms with Crippen LogP contribution in [0.25, 0.3) is 0 Å². The molecule has 1 heterocycles. The number of aliphatic imine (C=N–C) groups is 1. The summed E-state index contributed by atoms with van der Waals surface area (Å²) in [6.07, 6.45) is 3.21. The number of benzene rings is 1. The molecule has 0 radical (unpaired) electrons. The quantitative estimate of drug-likeness (QED) is 0.393. The molecule has 1 aromatic carbocycles. The van der Waals surface area contributed by atoms with Gasteiger partial charge in [-0.25, -0.2) is 4.98 Å². The molecule has 2 atom stereocenters. The first-order chi connectivity index (χ1) is 13.6. The van der Waals surface area contributed by atoms with Crippen molar-refractivity contribution < 1.29 is 9.94 Å². The molecule has 5 heteroatoms. The highest BCUT2D eigenvalue weighted by Gasteiger charge is 2.32. The number of hydrogen-bond acceptors (Lipinski definition) is 4. The van der Waals surface area contributed by atoms with E-state index in [4.69, 9.17) is 9.73 Å². The van der Waals surface area contributed by atoms with E-state index in [1.165, 1.54) is 6.42 Å². The number of rotatable bonds is 4. The highest BCUT2D eigenvalue weighted by Crippen LogP contribution is 2.40. The van der Waals surface area contributed by atoms with E-state index >= 15 is 0 Å². The average molecular weight is 396 g/mol. The Bertz CT molecular complexity index is 885. The summed E-state index contributed by atoms with van der Waals surface area (Å²) in [4.78, 5) is 9.45. The van der Waals surface area contributed by atoms with Crippen molar-refractivity contribution in [3.63, 3.8) is 0 Å². The van der Waals surface area contributed by atoms with Gasteiger partial charge in [0.05, 0.1) is 11.6 Å². The molecule has 0 aliphatic heterocycles. The largest absolute Gasteiger partial charge is 0.438 e. The van der Waals surface area contributed by atoms with Gasteiger partial charge in [0.2, 0.25) is 5.88 Å². The monoisotopic (exact) mass is 395 g/mol. The summed E-state index contributed by atoms with van der Waals surface area (Å²) in [5.41, 5.74) is 6.31. The SMILES string of the molecule is Cc1cc(C)cc(Oc2nc(C)ccc2C(=NC2CC(C)CC(C)(C)C2)NO)c1. The van der Waals surface area contributed by atoms with Gasteiger partial charge in [0.1, 0.15) is 5.75 Å². The van der Waals surface area contributed by atoms with E-state index in [2.05, 4.69) is 37.3 Å². The molecule has 1 aliphatic carbocycles. The predicted molar refractivity (Wildman–Crippen MR) is 117 cm³/mol. The fraction of sp³-hybridized carbons (Fsp3) is 0.500. The Morgan fingerprint density at radius 3 is 2.45 bits per heavy atom. The number of amidine groups is 1. The molecule has 0 saturated heterocycles. The maximum Gasteiger partial charge on any atom is 0.230 e. The Morgan fingerprint density at radius 1 is 1.14 bits per heavy atom. The van der Waals surface area contributed by atoms with Crippen LogP contribution in [-0.2, 0) is 0 Å². The van der Waals surface area contributed by atoms with Crippen LogP contribution in [0.1, 0.15) is 62.4 Å². The number of hydrogen-bond donors (Lipinski definition) is 2. The molecule has 29 heavy (non-hydrogen) atoms. The van der Waals surface area contributed by atoms with Gasteiger partial charge in [-0.15, -0.1) is 0 Å². The Kier molecular flexibility index (Phi) is 6.27. The smallest absolute Gasteiger partial charge is 0.230 e. The maximum atomic E-state index is 9.89. The van der Waals surface area contributed by atoms with Gasteiger partial charge in [-0.1, -0.05) is 26.8 Å². The average Bonchev–Trinajstić information content (AvgIpc) is 2.57. The third-order valence-electron chi connectivity index (χ3n) is 5.45. The lowest BCUT2D eigenvalue weighted by molar-refractivity contribution is 0.169. The molecule has 1 fully saturated rings. The number of nitrogens with zero attached hydrogens (tertiary/aromatic N) is 2. The molecule has 2 unspecified atom stereocenters. The van der Waals surface area contributed by atoms with Gasteiger partial charge in [-0.3, -0.25) is 15.7 Å². The first kappa shape index (κ1) is 21.3. The van der Waals surface area contributed by atoms with Crippen LogP contribution in [0.4, 0.5) is 0 Å². The van der Waals surface area contributed by atoms with Crippen LogP contribution in [0.15, 0.2) is 35.3 Å². The summed E-state index contributed by atoms with van der Waals surface area (Å²) in [7, 11) is 0. The number of aryl methyl sites for hydroxylation is 3. The Hall–Kier alpha value is -2.40. The van der Waals surface area contributed by atoms with Crippen LogP contribution in [-0.4, -0.2) is 22.1 Å². The first-order valence-electron chi connectivity index (χ1n) is 10.4. The second-order valence-corrected chi connectivity index (χ2v) is 9.39. The summed E-state index contributed by atoms with van der Waals surface area (Å²) < 4.78 is 6.14. The van der Waals surface area contributed by atoms with E-state index in [1.807, 2.05) is 45.0 Å². The Labute approximate surface area is 174 Å². The van der Waals surface area contributed by atoms with E-state index in [9.17, 15) is 5.21 Å². The molecule has 0 spiro atoms. The number of ether oxygens (including phenoxy) is 1. The van der Waals surface area contributed by atoms with Crippen molar-refractivity contribution in [2.45, 2.75) is 66.8 Å². The minimum Gasteiger partial charge on any atom is -0.438 e.